The van der Waals surface area contributed by atoms with Gasteiger partial charge in [-0.25, -0.2) is 0 Å². The van der Waals surface area contributed by atoms with Crippen LogP contribution in [0.2, 0.25) is 0 Å². The van der Waals surface area contributed by atoms with Gasteiger partial charge in [-0.2, -0.15) is 0 Å². The summed E-state index contributed by atoms with van der Waals surface area (Å²) in [4.78, 5) is 0. The maximum absolute atomic E-state index is 5.87. The van der Waals surface area contributed by atoms with Gasteiger partial charge in [0.25, 0.3) is 0 Å². The third-order valence-corrected chi connectivity index (χ3v) is 3.45. The Labute approximate surface area is 69.1 Å². The van der Waals surface area contributed by atoms with Crippen molar-refractivity contribution >= 4 is 0 Å². The minimum Gasteiger partial charge on any atom is -0.375 e. The van der Waals surface area contributed by atoms with Gasteiger partial charge in [0.2, 0.25) is 0 Å². The Hall–Kier alpha value is -0.0400. The Morgan fingerprint density at radius 1 is 1.00 bits per heavy atom. The van der Waals surface area contributed by atoms with Crippen LogP contribution in [0.4, 0.5) is 0 Å². The van der Waals surface area contributed by atoms with Gasteiger partial charge in [0.15, 0.2) is 0 Å². The highest BCUT2D eigenvalue weighted by Crippen LogP contribution is 2.45. The lowest BCUT2D eigenvalue weighted by molar-refractivity contribution is 0.0265. The second-order valence-corrected chi connectivity index (χ2v) is 4.50. The van der Waals surface area contributed by atoms with Crippen LogP contribution >= 0.6 is 0 Å². The topological polar surface area (TPSA) is 9.23 Å². The number of hydrogen-bond donors (Lipinski definition) is 0. The summed E-state index contributed by atoms with van der Waals surface area (Å²) in [7, 11) is 0. The van der Waals surface area contributed by atoms with Crippen LogP contribution in [0.1, 0.15) is 33.6 Å². The summed E-state index contributed by atoms with van der Waals surface area (Å²) in [5.41, 5.74) is 0. The highest BCUT2D eigenvalue weighted by atomic mass is 16.5. The predicted octanol–water partition coefficient (Wildman–Crippen LogP) is 2.46. The molecule has 0 aromatic carbocycles. The summed E-state index contributed by atoms with van der Waals surface area (Å²) in [6.45, 7) is 6.92. The molecule has 5 unspecified atom stereocenters. The molecule has 1 aliphatic heterocycles. The van der Waals surface area contributed by atoms with Gasteiger partial charge in [0, 0.05) is 0 Å². The van der Waals surface area contributed by atoms with Crippen LogP contribution in [0.3, 0.4) is 0 Å². The van der Waals surface area contributed by atoms with Crippen molar-refractivity contribution in [2.75, 3.05) is 0 Å². The fourth-order valence-electron chi connectivity index (χ4n) is 2.95. The lowest BCUT2D eigenvalue weighted by atomic mass is 9.94. The van der Waals surface area contributed by atoms with E-state index in [1.807, 2.05) is 0 Å². The van der Waals surface area contributed by atoms with Gasteiger partial charge in [-0.05, 0) is 37.5 Å². The van der Waals surface area contributed by atoms with Gasteiger partial charge < -0.3 is 4.74 Å². The van der Waals surface area contributed by atoms with Crippen LogP contribution in [0.25, 0.3) is 0 Å². The summed E-state index contributed by atoms with van der Waals surface area (Å²) in [5.74, 6) is 2.58. The Balaban J connectivity index is 2.10. The molecule has 0 aromatic heterocycles. The minimum absolute atomic E-state index is 0.523. The van der Waals surface area contributed by atoms with Gasteiger partial charge in [-0.1, -0.05) is 13.8 Å². The van der Waals surface area contributed by atoms with E-state index in [1.165, 1.54) is 12.8 Å². The molecule has 1 saturated carbocycles. The smallest absolute Gasteiger partial charge is 0.0635 e. The average Bonchev–Trinajstić information content (AvgIpc) is 2.38. The molecule has 2 rings (SSSR count). The molecule has 64 valence electrons. The van der Waals surface area contributed by atoms with Crippen LogP contribution in [0.5, 0.6) is 0 Å². The Bertz CT molecular complexity index is 139. The number of fused-ring (bicyclic) bond motifs is 1. The third kappa shape index (κ3) is 1.10. The van der Waals surface area contributed by atoms with Gasteiger partial charge in [-0.3, -0.25) is 0 Å². The summed E-state index contributed by atoms with van der Waals surface area (Å²) < 4.78 is 5.87. The first kappa shape index (κ1) is 7.60. The van der Waals surface area contributed by atoms with E-state index in [0.29, 0.717) is 12.2 Å². The number of ether oxygens (including phenoxy) is 1. The highest BCUT2D eigenvalue weighted by Gasteiger charge is 2.44. The van der Waals surface area contributed by atoms with E-state index < -0.39 is 0 Å². The Morgan fingerprint density at radius 2 is 1.73 bits per heavy atom. The molecule has 0 N–H and O–H groups in total. The van der Waals surface area contributed by atoms with Crippen LogP contribution in [0.15, 0.2) is 0 Å². The van der Waals surface area contributed by atoms with E-state index in [0.717, 1.165) is 17.8 Å². The largest absolute Gasteiger partial charge is 0.375 e. The minimum atomic E-state index is 0.523. The zero-order valence-corrected chi connectivity index (χ0v) is 7.71. The predicted molar refractivity (Wildman–Crippen MR) is 45.4 cm³/mol. The first-order valence-corrected chi connectivity index (χ1v) is 4.84. The van der Waals surface area contributed by atoms with Gasteiger partial charge in [-0.15, -0.1) is 0 Å². The monoisotopic (exact) mass is 154 g/mol. The number of rotatable bonds is 0. The van der Waals surface area contributed by atoms with Crippen molar-refractivity contribution in [3.8, 4) is 0 Å². The molecule has 0 aromatic rings. The van der Waals surface area contributed by atoms with Crippen molar-refractivity contribution in [1.29, 1.82) is 0 Å². The molecule has 0 bridgehead atoms. The molecule has 1 nitrogen and oxygen atoms in total. The quantitative estimate of drug-likeness (QED) is 0.521. The first-order chi connectivity index (χ1) is 5.18. The third-order valence-electron chi connectivity index (χ3n) is 3.45. The van der Waals surface area contributed by atoms with Gasteiger partial charge in [0.1, 0.15) is 0 Å². The molecular formula is C10H18O. The molecule has 0 spiro atoms. The summed E-state index contributed by atoms with van der Waals surface area (Å²) in [6.07, 6.45) is 3.80. The second kappa shape index (κ2) is 2.48. The molecule has 1 heterocycles. The molecule has 1 aliphatic carbocycles. The molecule has 1 heteroatoms. The average molecular weight is 154 g/mol. The van der Waals surface area contributed by atoms with Crippen LogP contribution in [-0.4, -0.2) is 12.2 Å². The van der Waals surface area contributed by atoms with E-state index in [9.17, 15) is 0 Å². The molecular weight excluding hydrogens is 136 g/mol. The van der Waals surface area contributed by atoms with Crippen molar-refractivity contribution in [2.24, 2.45) is 17.8 Å². The maximum Gasteiger partial charge on any atom is 0.0635 e. The molecule has 2 fully saturated rings. The van der Waals surface area contributed by atoms with Crippen molar-refractivity contribution in [1.82, 2.24) is 0 Å². The van der Waals surface area contributed by atoms with Crippen LogP contribution < -0.4 is 0 Å². The molecule has 1 saturated heterocycles. The molecule has 2 aliphatic rings. The van der Waals surface area contributed by atoms with Crippen molar-refractivity contribution in [2.45, 2.75) is 45.8 Å². The molecule has 5 atom stereocenters. The normalized spacial score (nSPS) is 56.5. The zero-order chi connectivity index (χ0) is 8.01. The summed E-state index contributed by atoms with van der Waals surface area (Å²) in [6, 6.07) is 0. The first-order valence-electron chi connectivity index (χ1n) is 4.84. The van der Waals surface area contributed by atoms with E-state index in [2.05, 4.69) is 20.8 Å². The lowest BCUT2D eigenvalue weighted by Crippen LogP contribution is -2.17. The van der Waals surface area contributed by atoms with Crippen LogP contribution in [-0.2, 0) is 4.74 Å². The molecule has 0 radical (unpaired) electrons. The fraction of sp³-hybridized carbons (Fsp3) is 1.00. The van der Waals surface area contributed by atoms with Crippen LogP contribution in [0, 0.1) is 17.8 Å². The van der Waals surface area contributed by atoms with E-state index in [-0.39, 0.29) is 0 Å². The van der Waals surface area contributed by atoms with Crippen molar-refractivity contribution < 1.29 is 4.74 Å². The van der Waals surface area contributed by atoms with E-state index >= 15 is 0 Å². The standard InChI is InChI=1S/C10H18O/c1-6-4-7(2)10-9(6)5-8(3)11-10/h6-10H,4-5H2,1-3H3. The van der Waals surface area contributed by atoms with E-state index in [1.54, 1.807) is 0 Å². The zero-order valence-electron chi connectivity index (χ0n) is 7.71. The summed E-state index contributed by atoms with van der Waals surface area (Å²) in [5, 5.41) is 0. The second-order valence-electron chi connectivity index (χ2n) is 4.50. The SMILES string of the molecule is CC1CC2C(C)CC(C)C2O1. The lowest BCUT2D eigenvalue weighted by Gasteiger charge is -2.13. The molecule has 0 amide bonds. The van der Waals surface area contributed by atoms with Gasteiger partial charge >= 0.3 is 0 Å². The van der Waals surface area contributed by atoms with Gasteiger partial charge in [0.05, 0.1) is 12.2 Å². The Kier molecular flexibility index (Phi) is 1.71. The Morgan fingerprint density at radius 3 is 2.36 bits per heavy atom. The maximum atomic E-state index is 5.87. The summed E-state index contributed by atoms with van der Waals surface area (Å²) >= 11 is 0. The van der Waals surface area contributed by atoms with Crippen molar-refractivity contribution in [3.05, 3.63) is 0 Å². The molecule has 11 heavy (non-hydrogen) atoms. The van der Waals surface area contributed by atoms with Crippen molar-refractivity contribution in [3.63, 3.8) is 0 Å². The number of hydrogen-bond acceptors (Lipinski definition) is 1. The van der Waals surface area contributed by atoms with E-state index in [4.69, 9.17) is 4.74 Å². The fourth-order valence-corrected chi connectivity index (χ4v) is 2.95. The highest BCUT2D eigenvalue weighted by molar-refractivity contribution is 4.93.